The molecule has 1 aromatic rings. The molecule has 0 bridgehead atoms. The molecular weight excluding hydrogens is 264 g/mol. The summed E-state index contributed by atoms with van der Waals surface area (Å²) in [7, 11) is 0. The van der Waals surface area contributed by atoms with E-state index in [4.69, 9.17) is 5.73 Å². The topological polar surface area (TPSA) is 60.2 Å². The highest BCUT2D eigenvalue weighted by Crippen LogP contribution is 2.27. The van der Waals surface area contributed by atoms with Gasteiger partial charge in [-0.1, -0.05) is 19.3 Å². The number of anilines is 1. The number of hydrogen-bond acceptors (Lipinski definition) is 4. The van der Waals surface area contributed by atoms with E-state index in [0.717, 1.165) is 0 Å². The number of rotatable bonds is 6. The van der Waals surface area contributed by atoms with Gasteiger partial charge in [0, 0.05) is 12.6 Å². The van der Waals surface area contributed by atoms with Gasteiger partial charge in [-0.15, -0.1) is 0 Å². The third kappa shape index (κ3) is 4.30. The zero-order chi connectivity index (χ0) is 14.4. The van der Waals surface area contributed by atoms with Gasteiger partial charge >= 0.3 is 6.61 Å². The molecule has 3 N–H and O–H groups in total. The quantitative estimate of drug-likeness (QED) is 0.843. The third-order valence-electron chi connectivity index (χ3n) is 3.77. The second-order valence-electron chi connectivity index (χ2n) is 5.14. The highest BCUT2D eigenvalue weighted by molar-refractivity contribution is 5.38. The van der Waals surface area contributed by atoms with Crippen LogP contribution in [0.1, 0.15) is 32.1 Å². The monoisotopic (exact) mass is 285 g/mol. The van der Waals surface area contributed by atoms with Crippen molar-refractivity contribution in [3.05, 3.63) is 18.3 Å². The van der Waals surface area contributed by atoms with Crippen LogP contribution in [0.25, 0.3) is 0 Å². The first-order chi connectivity index (χ1) is 9.69. The standard InChI is InChI=1S/C14H21F2N3O/c15-14(16)20-11-6-7-13(18-9-11)19-12(8-17)10-4-2-1-3-5-10/h6-7,9-10,12,14H,1-5,8,17H2,(H,18,19). The molecule has 1 saturated carbocycles. The van der Waals surface area contributed by atoms with E-state index in [0.29, 0.717) is 18.3 Å². The molecule has 4 nitrogen and oxygen atoms in total. The number of hydrogen-bond donors (Lipinski definition) is 2. The SMILES string of the molecule is NCC(Nc1ccc(OC(F)F)cn1)C1CCCCC1. The maximum absolute atomic E-state index is 12.0. The number of alkyl halides is 2. The summed E-state index contributed by atoms with van der Waals surface area (Å²) in [6.07, 6.45) is 7.45. The third-order valence-corrected chi connectivity index (χ3v) is 3.77. The summed E-state index contributed by atoms with van der Waals surface area (Å²) >= 11 is 0. The van der Waals surface area contributed by atoms with Crippen LogP contribution in [0.2, 0.25) is 0 Å². The fourth-order valence-corrected chi connectivity index (χ4v) is 2.73. The first kappa shape index (κ1) is 15.0. The summed E-state index contributed by atoms with van der Waals surface area (Å²) in [6.45, 7) is -2.28. The number of pyridine rings is 1. The lowest BCUT2D eigenvalue weighted by Crippen LogP contribution is -2.37. The maximum Gasteiger partial charge on any atom is 0.387 e. The van der Waals surface area contributed by atoms with Crippen LogP contribution in [-0.4, -0.2) is 24.2 Å². The van der Waals surface area contributed by atoms with Crippen LogP contribution in [0.3, 0.4) is 0 Å². The Morgan fingerprint density at radius 3 is 2.60 bits per heavy atom. The lowest BCUT2D eigenvalue weighted by atomic mass is 9.84. The first-order valence-corrected chi connectivity index (χ1v) is 7.06. The molecule has 1 fully saturated rings. The number of nitrogens with zero attached hydrogens (tertiary/aromatic N) is 1. The molecule has 1 atom stereocenters. The van der Waals surface area contributed by atoms with E-state index in [1.165, 1.54) is 44.4 Å². The van der Waals surface area contributed by atoms with Crippen LogP contribution in [0.5, 0.6) is 5.75 Å². The average molecular weight is 285 g/mol. The lowest BCUT2D eigenvalue weighted by Gasteiger charge is -2.30. The summed E-state index contributed by atoms with van der Waals surface area (Å²) < 4.78 is 28.4. The van der Waals surface area contributed by atoms with Crippen LogP contribution in [-0.2, 0) is 0 Å². The summed E-state index contributed by atoms with van der Waals surface area (Å²) in [4.78, 5) is 4.09. The van der Waals surface area contributed by atoms with E-state index >= 15 is 0 Å². The van der Waals surface area contributed by atoms with E-state index in [9.17, 15) is 8.78 Å². The normalized spacial score (nSPS) is 18.0. The Morgan fingerprint density at radius 2 is 2.05 bits per heavy atom. The van der Waals surface area contributed by atoms with E-state index < -0.39 is 6.61 Å². The highest BCUT2D eigenvalue weighted by atomic mass is 19.3. The minimum atomic E-state index is -2.82. The number of halogens is 2. The Kier molecular flexibility index (Phi) is 5.52. The smallest absolute Gasteiger partial charge is 0.387 e. The van der Waals surface area contributed by atoms with E-state index in [-0.39, 0.29) is 11.8 Å². The molecule has 0 aliphatic heterocycles. The summed E-state index contributed by atoms with van der Waals surface area (Å²) in [5.41, 5.74) is 5.83. The number of nitrogens with two attached hydrogens (primary N) is 1. The molecule has 0 radical (unpaired) electrons. The Bertz CT molecular complexity index is 394. The molecule has 0 saturated heterocycles. The Balaban J connectivity index is 1.93. The Labute approximate surface area is 117 Å². The largest absolute Gasteiger partial charge is 0.433 e. The lowest BCUT2D eigenvalue weighted by molar-refractivity contribution is -0.0500. The minimum Gasteiger partial charge on any atom is -0.433 e. The van der Waals surface area contributed by atoms with Crippen molar-refractivity contribution in [2.45, 2.75) is 44.8 Å². The predicted octanol–water partition coefficient (Wildman–Crippen LogP) is 3.00. The van der Waals surface area contributed by atoms with Gasteiger partial charge in [0.15, 0.2) is 0 Å². The zero-order valence-corrected chi connectivity index (χ0v) is 11.4. The van der Waals surface area contributed by atoms with Crippen molar-refractivity contribution in [1.82, 2.24) is 4.98 Å². The summed E-state index contributed by atoms with van der Waals surface area (Å²) in [5, 5.41) is 3.30. The van der Waals surface area contributed by atoms with Gasteiger partial charge in [-0.05, 0) is 30.9 Å². The van der Waals surface area contributed by atoms with Gasteiger partial charge in [0.25, 0.3) is 0 Å². The molecule has 1 aliphatic rings. The van der Waals surface area contributed by atoms with Crippen molar-refractivity contribution in [2.24, 2.45) is 11.7 Å². The Morgan fingerprint density at radius 1 is 1.30 bits per heavy atom. The van der Waals surface area contributed by atoms with Gasteiger partial charge in [-0.3, -0.25) is 0 Å². The zero-order valence-electron chi connectivity index (χ0n) is 11.4. The van der Waals surface area contributed by atoms with Crippen molar-refractivity contribution in [3.63, 3.8) is 0 Å². The average Bonchev–Trinajstić information content (AvgIpc) is 2.47. The first-order valence-electron chi connectivity index (χ1n) is 7.06. The van der Waals surface area contributed by atoms with Crippen molar-refractivity contribution < 1.29 is 13.5 Å². The van der Waals surface area contributed by atoms with Crippen molar-refractivity contribution in [2.75, 3.05) is 11.9 Å². The second-order valence-corrected chi connectivity index (χ2v) is 5.14. The van der Waals surface area contributed by atoms with Gasteiger partial charge in [0.2, 0.25) is 0 Å². The summed E-state index contributed by atoms with van der Waals surface area (Å²) in [6, 6.07) is 3.31. The fraction of sp³-hybridized carbons (Fsp3) is 0.643. The molecule has 1 heterocycles. The van der Waals surface area contributed by atoms with E-state index in [2.05, 4.69) is 15.0 Å². The van der Waals surface area contributed by atoms with Crippen molar-refractivity contribution >= 4 is 5.82 Å². The second kappa shape index (κ2) is 7.38. The molecular formula is C14H21F2N3O. The van der Waals surface area contributed by atoms with Crippen LogP contribution >= 0.6 is 0 Å². The number of nitrogens with one attached hydrogen (secondary N) is 1. The van der Waals surface area contributed by atoms with E-state index in [1.807, 2.05) is 0 Å². The van der Waals surface area contributed by atoms with Gasteiger partial charge in [0.05, 0.1) is 6.20 Å². The van der Waals surface area contributed by atoms with E-state index in [1.54, 1.807) is 6.07 Å². The number of aromatic nitrogens is 1. The van der Waals surface area contributed by atoms with Crippen LogP contribution < -0.4 is 15.8 Å². The fourth-order valence-electron chi connectivity index (χ4n) is 2.73. The number of ether oxygens (including phenoxy) is 1. The van der Waals surface area contributed by atoms with Gasteiger partial charge in [-0.2, -0.15) is 8.78 Å². The van der Waals surface area contributed by atoms with Gasteiger partial charge in [-0.25, -0.2) is 4.98 Å². The highest BCUT2D eigenvalue weighted by Gasteiger charge is 2.22. The predicted molar refractivity (Wildman–Crippen MR) is 73.9 cm³/mol. The van der Waals surface area contributed by atoms with Gasteiger partial charge in [0.1, 0.15) is 11.6 Å². The molecule has 0 amide bonds. The molecule has 0 spiro atoms. The molecule has 2 rings (SSSR count). The van der Waals surface area contributed by atoms with Gasteiger partial charge < -0.3 is 15.8 Å². The van der Waals surface area contributed by atoms with Crippen LogP contribution in [0.4, 0.5) is 14.6 Å². The molecule has 1 aliphatic carbocycles. The summed E-state index contributed by atoms with van der Waals surface area (Å²) in [5.74, 6) is 1.27. The molecule has 20 heavy (non-hydrogen) atoms. The van der Waals surface area contributed by atoms with Crippen LogP contribution in [0.15, 0.2) is 18.3 Å². The molecule has 112 valence electrons. The van der Waals surface area contributed by atoms with Crippen molar-refractivity contribution in [3.8, 4) is 5.75 Å². The molecule has 1 unspecified atom stereocenters. The molecule has 6 heteroatoms. The minimum absolute atomic E-state index is 0.0625. The van der Waals surface area contributed by atoms with Crippen LogP contribution in [0, 0.1) is 5.92 Å². The Hall–Kier alpha value is -1.43. The maximum atomic E-state index is 12.0. The molecule has 0 aromatic carbocycles. The molecule has 1 aromatic heterocycles. The van der Waals surface area contributed by atoms with Crippen molar-refractivity contribution in [1.29, 1.82) is 0 Å².